The number of hydrogen-bond donors (Lipinski definition) is 3. The van der Waals surface area contributed by atoms with E-state index in [9.17, 15) is 9.59 Å². The number of aromatic amines is 1. The van der Waals surface area contributed by atoms with Crippen molar-refractivity contribution in [3.63, 3.8) is 0 Å². The number of H-pyrrole nitrogens is 1. The van der Waals surface area contributed by atoms with Gasteiger partial charge in [0.05, 0.1) is 16.9 Å². The van der Waals surface area contributed by atoms with Gasteiger partial charge in [0, 0.05) is 10.9 Å². The molecule has 2 aromatic rings. The number of amides is 1. The van der Waals surface area contributed by atoms with Crippen molar-refractivity contribution in [2.75, 3.05) is 18.8 Å². The molecule has 2 aromatic heterocycles. The predicted molar refractivity (Wildman–Crippen MR) is 107 cm³/mol. The fourth-order valence-corrected chi connectivity index (χ4v) is 5.73. The fraction of sp³-hybridized carbons (Fsp3) is 0.611. The smallest absolute Gasteiger partial charge is 0.259 e. The number of aromatic nitrogens is 2. The van der Waals surface area contributed by atoms with Gasteiger partial charge in [-0.1, -0.05) is 0 Å². The quantitative estimate of drug-likeness (QED) is 0.724. The molecule has 0 saturated carbocycles. The molecule has 2 aliphatic rings. The average molecular weight is 393 g/mol. The van der Waals surface area contributed by atoms with Crippen LogP contribution in [0.15, 0.2) is 4.79 Å². The van der Waals surface area contributed by atoms with Gasteiger partial charge in [0.15, 0.2) is 0 Å². The van der Waals surface area contributed by atoms with Crippen LogP contribution < -0.4 is 16.2 Å². The Balaban J connectivity index is 1.37. The number of carbonyl (C=O) groups excluding carboxylic acids is 1. The van der Waals surface area contributed by atoms with Crippen LogP contribution in [-0.4, -0.2) is 40.8 Å². The Bertz CT molecular complexity index is 855. The molecule has 1 fully saturated rings. The van der Waals surface area contributed by atoms with E-state index in [-0.39, 0.29) is 17.5 Å². The van der Waals surface area contributed by atoms with Crippen molar-refractivity contribution >= 4 is 39.2 Å². The molecule has 140 valence electrons. The summed E-state index contributed by atoms with van der Waals surface area (Å²) in [6.45, 7) is 1.93. The molecule has 0 aromatic carbocycles. The van der Waals surface area contributed by atoms with E-state index in [1.807, 2.05) is 0 Å². The molecule has 1 aliphatic carbocycles. The summed E-state index contributed by atoms with van der Waals surface area (Å²) >= 11 is 3.17. The first-order valence-electron chi connectivity index (χ1n) is 9.32. The van der Waals surface area contributed by atoms with Crippen molar-refractivity contribution in [3.05, 3.63) is 26.6 Å². The number of fused-ring (bicyclic) bond motifs is 3. The number of thiophene rings is 1. The van der Waals surface area contributed by atoms with Gasteiger partial charge in [-0.3, -0.25) is 9.59 Å². The molecule has 0 radical (unpaired) electrons. The lowest BCUT2D eigenvalue weighted by atomic mass is 9.97. The van der Waals surface area contributed by atoms with Crippen LogP contribution in [-0.2, 0) is 23.4 Å². The number of nitrogens with zero attached hydrogens (tertiary/aromatic N) is 1. The lowest BCUT2D eigenvalue weighted by Crippen LogP contribution is -2.43. The maximum Gasteiger partial charge on any atom is 0.259 e. The second kappa shape index (κ2) is 8.10. The van der Waals surface area contributed by atoms with Gasteiger partial charge in [-0.2, -0.15) is 0 Å². The molecule has 1 saturated heterocycles. The molecule has 3 N–H and O–H groups in total. The third kappa shape index (κ3) is 3.97. The molecule has 3 heterocycles. The second-order valence-electron chi connectivity index (χ2n) is 6.99. The molecule has 0 bridgehead atoms. The highest BCUT2D eigenvalue weighted by Crippen LogP contribution is 2.33. The average Bonchev–Trinajstić information content (AvgIpc) is 3.01. The van der Waals surface area contributed by atoms with E-state index in [1.165, 1.54) is 28.6 Å². The number of nitrogens with one attached hydrogen (secondary N) is 3. The van der Waals surface area contributed by atoms with E-state index in [0.717, 1.165) is 55.4 Å². The summed E-state index contributed by atoms with van der Waals surface area (Å²) in [6, 6.07) is 0.288. The van der Waals surface area contributed by atoms with Gasteiger partial charge in [0.25, 0.3) is 5.56 Å². The first kappa shape index (κ1) is 18.0. The molecule has 0 atom stereocenters. The maximum absolute atomic E-state index is 12.5. The number of hydrogen-bond acceptors (Lipinski definition) is 6. The zero-order valence-corrected chi connectivity index (χ0v) is 16.4. The third-order valence-electron chi connectivity index (χ3n) is 5.05. The Morgan fingerprint density at radius 3 is 2.92 bits per heavy atom. The Morgan fingerprint density at radius 2 is 2.08 bits per heavy atom. The molecule has 0 unspecified atom stereocenters. The molecule has 1 aliphatic heterocycles. The minimum atomic E-state index is -0.0239. The number of carbonyl (C=O) groups is 1. The second-order valence-corrected chi connectivity index (χ2v) is 9.06. The summed E-state index contributed by atoms with van der Waals surface area (Å²) in [5.74, 6) is 1.68. The van der Waals surface area contributed by atoms with Gasteiger partial charge >= 0.3 is 0 Å². The molecule has 4 rings (SSSR count). The van der Waals surface area contributed by atoms with E-state index in [4.69, 9.17) is 0 Å². The van der Waals surface area contributed by atoms with E-state index in [0.29, 0.717) is 17.3 Å². The van der Waals surface area contributed by atoms with Crippen molar-refractivity contribution < 1.29 is 4.79 Å². The summed E-state index contributed by atoms with van der Waals surface area (Å²) in [4.78, 5) is 34.3. The van der Waals surface area contributed by atoms with Crippen LogP contribution in [0.4, 0.5) is 0 Å². The van der Waals surface area contributed by atoms with Crippen LogP contribution in [0, 0.1) is 0 Å². The van der Waals surface area contributed by atoms with Crippen LogP contribution in [0.3, 0.4) is 0 Å². The molecular formula is C18H24N4O2S2. The molecule has 6 nitrogen and oxygen atoms in total. The summed E-state index contributed by atoms with van der Waals surface area (Å²) < 4.78 is 0. The largest absolute Gasteiger partial charge is 0.353 e. The van der Waals surface area contributed by atoms with E-state index in [1.54, 1.807) is 11.3 Å². The SMILES string of the molecule is O=C(CSCc1nc2sc3c(c2c(=O)[nH]1)CCCC3)NC1CCNCC1. The van der Waals surface area contributed by atoms with Crippen LogP contribution in [0.1, 0.15) is 41.9 Å². The van der Waals surface area contributed by atoms with Crippen molar-refractivity contribution in [1.29, 1.82) is 0 Å². The summed E-state index contributed by atoms with van der Waals surface area (Å²) in [6.07, 6.45) is 6.40. The fourth-order valence-electron chi connectivity index (χ4n) is 3.75. The van der Waals surface area contributed by atoms with E-state index >= 15 is 0 Å². The zero-order chi connectivity index (χ0) is 17.9. The van der Waals surface area contributed by atoms with E-state index < -0.39 is 0 Å². The van der Waals surface area contributed by atoms with Crippen LogP contribution in [0.2, 0.25) is 0 Å². The van der Waals surface area contributed by atoms with Crippen LogP contribution >= 0.6 is 23.1 Å². The molecule has 1 amide bonds. The number of thioether (sulfide) groups is 1. The normalized spacial score (nSPS) is 18.0. The molecule has 26 heavy (non-hydrogen) atoms. The number of piperidine rings is 1. The highest BCUT2D eigenvalue weighted by molar-refractivity contribution is 7.99. The highest BCUT2D eigenvalue weighted by atomic mass is 32.2. The minimum Gasteiger partial charge on any atom is -0.353 e. The van der Waals surface area contributed by atoms with Crippen molar-refractivity contribution in [3.8, 4) is 0 Å². The third-order valence-corrected chi connectivity index (χ3v) is 7.18. The number of rotatable bonds is 5. The van der Waals surface area contributed by atoms with Crippen molar-refractivity contribution in [1.82, 2.24) is 20.6 Å². The van der Waals surface area contributed by atoms with Gasteiger partial charge < -0.3 is 15.6 Å². The van der Waals surface area contributed by atoms with Gasteiger partial charge in [-0.15, -0.1) is 23.1 Å². The maximum atomic E-state index is 12.5. The van der Waals surface area contributed by atoms with Gasteiger partial charge in [-0.05, 0) is 57.2 Å². The van der Waals surface area contributed by atoms with Gasteiger partial charge in [-0.25, -0.2) is 4.98 Å². The first-order valence-corrected chi connectivity index (χ1v) is 11.3. The van der Waals surface area contributed by atoms with Crippen molar-refractivity contribution in [2.45, 2.75) is 50.3 Å². The lowest BCUT2D eigenvalue weighted by Gasteiger charge is -2.23. The van der Waals surface area contributed by atoms with Gasteiger partial charge in [0.2, 0.25) is 5.91 Å². The van der Waals surface area contributed by atoms with Crippen LogP contribution in [0.5, 0.6) is 0 Å². The van der Waals surface area contributed by atoms with Gasteiger partial charge in [0.1, 0.15) is 10.7 Å². The zero-order valence-electron chi connectivity index (χ0n) is 14.7. The Kier molecular flexibility index (Phi) is 5.61. The van der Waals surface area contributed by atoms with Crippen molar-refractivity contribution in [2.24, 2.45) is 0 Å². The Hall–Kier alpha value is -1.38. The molecule has 0 spiro atoms. The van der Waals surface area contributed by atoms with E-state index in [2.05, 4.69) is 20.6 Å². The highest BCUT2D eigenvalue weighted by Gasteiger charge is 2.20. The summed E-state index contributed by atoms with van der Waals surface area (Å²) in [7, 11) is 0. The summed E-state index contributed by atoms with van der Waals surface area (Å²) in [5, 5.41) is 7.18. The molecule has 8 heteroatoms. The topological polar surface area (TPSA) is 86.9 Å². The predicted octanol–water partition coefficient (Wildman–Crippen LogP) is 1.96. The Labute approximate surface area is 160 Å². The Morgan fingerprint density at radius 1 is 1.27 bits per heavy atom. The summed E-state index contributed by atoms with van der Waals surface area (Å²) in [5.41, 5.74) is 1.19. The minimum absolute atomic E-state index is 0.0239. The standard InChI is InChI=1S/C18H24N4O2S2/c23-15(20-11-5-7-19-8-6-11)10-25-9-14-21-17(24)16-12-3-1-2-4-13(12)26-18(16)22-14/h11,19H,1-10H2,(H,20,23)(H,21,22,24). The monoisotopic (exact) mass is 392 g/mol. The van der Waals surface area contributed by atoms with Crippen LogP contribution in [0.25, 0.3) is 10.2 Å². The number of aryl methyl sites for hydroxylation is 2. The molecular weight excluding hydrogens is 368 g/mol. The first-order chi connectivity index (χ1) is 12.7. The lowest BCUT2D eigenvalue weighted by molar-refractivity contribution is -0.119.